The highest BCUT2D eigenvalue weighted by Gasteiger charge is 2.20. The molecule has 0 aliphatic heterocycles. The maximum absolute atomic E-state index is 12.4. The van der Waals surface area contributed by atoms with Gasteiger partial charge in [-0.1, -0.05) is 35.5 Å². The average Bonchev–Trinajstić information content (AvgIpc) is 3.28. The van der Waals surface area contributed by atoms with Gasteiger partial charge in [0.15, 0.2) is 10.3 Å². The molecule has 2 heterocycles. The predicted octanol–water partition coefficient (Wildman–Crippen LogP) is 5.92. The first-order valence-electron chi connectivity index (χ1n) is 9.32. The number of aromatic amines is 1. The fourth-order valence-corrected chi connectivity index (χ4v) is 5.00. The zero-order valence-electron chi connectivity index (χ0n) is 16.8. The van der Waals surface area contributed by atoms with E-state index in [2.05, 4.69) is 35.1 Å². The van der Waals surface area contributed by atoms with Gasteiger partial charge in [-0.25, -0.2) is 9.97 Å². The number of thiazole rings is 1. The number of nitrogens with zero attached hydrogens (tertiary/aromatic N) is 3. The SMILES string of the molecule is CC(=O)N(c1nc(CSc2nc3ccc(C)cc3[nH]2)cs1)c1ccc(C)cc1C. The summed E-state index contributed by atoms with van der Waals surface area (Å²) < 4.78 is 0. The number of carbonyl (C=O) groups excluding carboxylic acids is 1. The van der Waals surface area contributed by atoms with Crippen molar-refractivity contribution in [2.45, 2.75) is 38.6 Å². The predicted molar refractivity (Wildman–Crippen MR) is 121 cm³/mol. The molecular formula is C22H22N4OS2. The van der Waals surface area contributed by atoms with Gasteiger partial charge in [0.05, 0.1) is 22.4 Å². The molecule has 7 heteroatoms. The molecule has 4 aromatic rings. The molecule has 148 valence electrons. The Balaban J connectivity index is 1.53. The van der Waals surface area contributed by atoms with Crippen molar-refractivity contribution in [3.05, 3.63) is 64.2 Å². The number of fused-ring (bicyclic) bond motifs is 1. The lowest BCUT2D eigenvalue weighted by Crippen LogP contribution is -2.23. The highest BCUT2D eigenvalue weighted by molar-refractivity contribution is 7.98. The first-order chi connectivity index (χ1) is 13.9. The van der Waals surface area contributed by atoms with Gasteiger partial charge in [0.25, 0.3) is 0 Å². The number of imidazole rings is 1. The summed E-state index contributed by atoms with van der Waals surface area (Å²) in [5.74, 6) is 0.645. The van der Waals surface area contributed by atoms with Gasteiger partial charge in [-0.2, -0.15) is 0 Å². The molecule has 0 spiro atoms. The van der Waals surface area contributed by atoms with Crippen molar-refractivity contribution in [1.29, 1.82) is 0 Å². The van der Waals surface area contributed by atoms with Crippen LogP contribution in [0.15, 0.2) is 46.9 Å². The molecule has 0 aliphatic carbocycles. The van der Waals surface area contributed by atoms with Crippen LogP contribution in [0.25, 0.3) is 11.0 Å². The second-order valence-electron chi connectivity index (χ2n) is 7.12. The maximum Gasteiger partial charge on any atom is 0.230 e. The maximum atomic E-state index is 12.4. The molecule has 0 fully saturated rings. The van der Waals surface area contributed by atoms with E-state index in [9.17, 15) is 4.79 Å². The minimum absolute atomic E-state index is 0.0434. The normalized spacial score (nSPS) is 11.2. The van der Waals surface area contributed by atoms with Gasteiger partial charge in [-0.15, -0.1) is 11.3 Å². The standard InChI is InChI=1S/C22H22N4OS2/c1-13-6-8-20(15(3)9-13)26(16(4)27)22-23-17(12-29-22)11-28-21-24-18-7-5-14(2)10-19(18)25-21/h5-10,12H,11H2,1-4H3,(H,24,25). The summed E-state index contributed by atoms with van der Waals surface area (Å²) in [4.78, 5) is 26.8. The summed E-state index contributed by atoms with van der Waals surface area (Å²) >= 11 is 3.10. The van der Waals surface area contributed by atoms with Gasteiger partial charge in [0, 0.05) is 18.1 Å². The van der Waals surface area contributed by atoms with Gasteiger partial charge >= 0.3 is 0 Å². The van der Waals surface area contributed by atoms with Crippen molar-refractivity contribution >= 4 is 50.9 Å². The summed E-state index contributed by atoms with van der Waals surface area (Å²) in [7, 11) is 0. The van der Waals surface area contributed by atoms with E-state index >= 15 is 0 Å². The number of amides is 1. The van der Waals surface area contributed by atoms with Crippen LogP contribution in [0.2, 0.25) is 0 Å². The number of anilines is 2. The minimum atomic E-state index is -0.0434. The zero-order chi connectivity index (χ0) is 20.5. The van der Waals surface area contributed by atoms with Crippen LogP contribution in [0.1, 0.15) is 29.3 Å². The smallest absolute Gasteiger partial charge is 0.230 e. The molecule has 0 bridgehead atoms. The lowest BCUT2D eigenvalue weighted by molar-refractivity contribution is -0.115. The Hall–Kier alpha value is -2.64. The molecule has 0 saturated heterocycles. The average molecular weight is 423 g/mol. The lowest BCUT2D eigenvalue weighted by atomic mass is 10.1. The van der Waals surface area contributed by atoms with E-state index in [1.807, 2.05) is 37.4 Å². The van der Waals surface area contributed by atoms with Gasteiger partial charge in [0.2, 0.25) is 5.91 Å². The summed E-state index contributed by atoms with van der Waals surface area (Å²) in [6, 6.07) is 12.3. The highest BCUT2D eigenvalue weighted by Crippen LogP contribution is 2.33. The Bertz CT molecular complexity index is 1190. The number of thioether (sulfide) groups is 1. The van der Waals surface area contributed by atoms with Crippen LogP contribution in [-0.4, -0.2) is 20.9 Å². The van der Waals surface area contributed by atoms with Crippen LogP contribution < -0.4 is 4.90 Å². The van der Waals surface area contributed by atoms with Gasteiger partial charge < -0.3 is 4.98 Å². The van der Waals surface area contributed by atoms with Crippen molar-refractivity contribution in [2.24, 2.45) is 0 Å². The number of nitrogens with one attached hydrogen (secondary N) is 1. The number of hydrogen-bond acceptors (Lipinski definition) is 5. The van der Waals surface area contributed by atoms with E-state index in [0.29, 0.717) is 10.9 Å². The Morgan fingerprint density at radius 3 is 2.62 bits per heavy atom. The van der Waals surface area contributed by atoms with Crippen LogP contribution in [0.3, 0.4) is 0 Å². The molecule has 0 unspecified atom stereocenters. The van der Waals surface area contributed by atoms with Crippen LogP contribution in [0.4, 0.5) is 10.8 Å². The van der Waals surface area contributed by atoms with Crippen LogP contribution in [0.5, 0.6) is 0 Å². The number of aryl methyl sites for hydroxylation is 3. The lowest BCUT2D eigenvalue weighted by Gasteiger charge is -2.20. The van der Waals surface area contributed by atoms with Crippen LogP contribution in [0, 0.1) is 20.8 Å². The monoisotopic (exact) mass is 422 g/mol. The van der Waals surface area contributed by atoms with Crippen molar-refractivity contribution in [3.63, 3.8) is 0 Å². The number of rotatable bonds is 5. The first kappa shape index (κ1) is 19.7. The summed E-state index contributed by atoms with van der Waals surface area (Å²) in [6.07, 6.45) is 0. The number of benzene rings is 2. The Labute approximate surface area is 178 Å². The number of H-pyrrole nitrogens is 1. The third-order valence-corrected chi connectivity index (χ3v) is 6.39. The first-order valence-corrected chi connectivity index (χ1v) is 11.2. The molecule has 29 heavy (non-hydrogen) atoms. The second kappa shape index (κ2) is 8.00. The van der Waals surface area contributed by atoms with E-state index in [-0.39, 0.29) is 5.91 Å². The zero-order valence-corrected chi connectivity index (χ0v) is 18.4. The fraction of sp³-hybridized carbons (Fsp3) is 0.227. The largest absolute Gasteiger partial charge is 0.333 e. The van der Waals surface area contributed by atoms with Crippen LogP contribution >= 0.6 is 23.1 Å². The van der Waals surface area contributed by atoms with E-state index in [1.54, 1.807) is 23.6 Å². The molecular weight excluding hydrogens is 400 g/mol. The third-order valence-electron chi connectivity index (χ3n) is 4.61. The molecule has 5 nitrogen and oxygen atoms in total. The molecule has 1 N–H and O–H groups in total. The van der Waals surface area contributed by atoms with E-state index in [4.69, 9.17) is 4.98 Å². The Morgan fingerprint density at radius 2 is 1.86 bits per heavy atom. The number of carbonyl (C=O) groups is 1. The second-order valence-corrected chi connectivity index (χ2v) is 8.92. The number of hydrogen-bond donors (Lipinski definition) is 1. The summed E-state index contributed by atoms with van der Waals surface area (Å²) in [5, 5.41) is 3.58. The Morgan fingerprint density at radius 1 is 1.10 bits per heavy atom. The van der Waals surface area contributed by atoms with Crippen molar-refractivity contribution in [1.82, 2.24) is 15.0 Å². The molecule has 4 rings (SSSR count). The molecule has 1 amide bonds. The van der Waals surface area contributed by atoms with Gasteiger partial charge in [0.1, 0.15) is 0 Å². The summed E-state index contributed by atoms with van der Waals surface area (Å²) in [6.45, 7) is 7.71. The molecule has 0 radical (unpaired) electrons. The Kier molecular flexibility index (Phi) is 5.43. The molecule has 2 aromatic heterocycles. The van der Waals surface area contributed by atoms with E-state index in [0.717, 1.165) is 33.1 Å². The highest BCUT2D eigenvalue weighted by atomic mass is 32.2. The quantitative estimate of drug-likeness (QED) is 0.405. The molecule has 0 aliphatic rings. The van der Waals surface area contributed by atoms with Crippen molar-refractivity contribution in [3.8, 4) is 0 Å². The van der Waals surface area contributed by atoms with E-state index < -0.39 is 0 Å². The minimum Gasteiger partial charge on any atom is -0.333 e. The number of aromatic nitrogens is 3. The molecule has 0 saturated carbocycles. The fourth-order valence-electron chi connectivity index (χ4n) is 3.24. The van der Waals surface area contributed by atoms with Crippen molar-refractivity contribution in [2.75, 3.05) is 4.90 Å². The van der Waals surface area contributed by atoms with Gasteiger partial charge in [-0.05, 0) is 50.1 Å². The summed E-state index contributed by atoms with van der Waals surface area (Å²) in [5.41, 5.74) is 7.26. The van der Waals surface area contributed by atoms with Gasteiger partial charge in [-0.3, -0.25) is 9.69 Å². The molecule has 2 aromatic carbocycles. The van der Waals surface area contributed by atoms with E-state index in [1.165, 1.54) is 22.5 Å². The van der Waals surface area contributed by atoms with Crippen molar-refractivity contribution < 1.29 is 4.79 Å². The third kappa shape index (κ3) is 4.21. The molecule has 0 atom stereocenters. The topological polar surface area (TPSA) is 61.9 Å². The van der Waals surface area contributed by atoms with Crippen LogP contribution in [-0.2, 0) is 10.5 Å².